The molecule has 0 heterocycles. The topological polar surface area (TPSA) is 17.1 Å². The predicted octanol–water partition coefficient (Wildman–Crippen LogP) is 2.35. The van der Waals surface area contributed by atoms with Crippen molar-refractivity contribution in [1.82, 2.24) is 0 Å². The Hall–Kier alpha value is -0.400. The molecule has 0 aromatic rings. The van der Waals surface area contributed by atoms with Crippen molar-refractivity contribution in [3.05, 3.63) is 0 Å². The molecule has 2 heteroatoms. The van der Waals surface area contributed by atoms with Gasteiger partial charge in [-0.05, 0) is 25.7 Å². The van der Waals surface area contributed by atoms with Crippen molar-refractivity contribution < 1.29 is 9.18 Å². The van der Waals surface area contributed by atoms with Crippen molar-refractivity contribution >= 4 is 5.78 Å². The van der Waals surface area contributed by atoms with Gasteiger partial charge >= 0.3 is 0 Å². The van der Waals surface area contributed by atoms with Crippen LogP contribution in [0.25, 0.3) is 0 Å². The van der Waals surface area contributed by atoms with Crippen molar-refractivity contribution in [1.29, 1.82) is 0 Å². The van der Waals surface area contributed by atoms with E-state index in [1.54, 1.807) is 0 Å². The molecule has 0 saturated heterocycles. The zero-order valence-electron chi connectivity index (χ0n) is 6.86. The summed E-state index contributed by atoms with van der Waals surface area (Å²) in [6.07, 6.45) is -0.0595. The van der Waals surface area contributed by atoms with Crippen LogP contribution in [0.3, 0.4) is 0 Å². The summed E-state index contributed by atoms with van der Waals surface area (Å²) in [6, 6.07) is 0. The van der Waals surface area contributed by atoms with Crippen LogP contribution in [0.15, 0.2) is 0 Å². The van der Waals surface area contributed by atoms with E-state index in [9.17, 15) is 9.18 Å². The van der Waals surface area contributed by atoms with E-state index in [1.165, 1.54) is 6.92 Å². The molecule has 10 heavy (non-hydrogen) atoms. The lowest BCUT2D eigenvalue weighted by Gasteiger charge is -2.05. The number of hydrogen-bond acceptors (Lipinski definition) is 1. The van der Waals surface area contributed by atoms with Crippen molar-refractivity contribution in [3.8, 4) is 0 Å². The van der Waals surface area contributed by atoms with Gasteiger partial charge in [-0.2, -0.15) is 0 Å². The molecule has 0 aliphatic rings. The second kappa shape index (κ2) is 4.42. The molecular weight excluding hydrogens is 131 g/mol. The highest BCUT2D eigenvalue weighted by Crippen LogP contribution is 2.09. The summed E-state index contributed by atoms with van der Waals surface area (Å²) in [4.78, 5) is 10.4. The third kappa shape index (κ3) is 4.48. The van der Waals surface area contributed by atoms with Gasteiger partial charge in [-0.15, -0.1) is 0 Å². The minimum absolute atomic E-state index is 0.347. The zero-order chi connectivity index (χ0) is 8.15. The molecule has 0 bridgehead atoms. The molecule has 0 radical (unpaired) electrons. The molecule has 0 fully saturated rings. The summed E-state index contributed by atoms with van der Waals surface area (Å²) >= 11 is 0. The van der Waals surface area contributed by atoms with Crippen molar-refractivity contribution in [2.45, 2.75) is 39.8 Å². The van der Waals surface area contributed by atoms with Gasteiger partial charge in [-0.25, -0.2) is 4.39 Å². The molecular formula is C8H15FO. The van der Waals surface area contributed by atoms with E-state index in [-0.39, 0.29) is 5.78 Å². The quantitative estimate of drug-likeness (QED) is 0.595. The lowest BCUT2D eigenvalue weighted by molar-refractivity contribution is -0.121. The molecule has 0 amide bonds. The molecule has 1 nitrogen and oxygen atoms in total. The van der Waals surface area contributed by atoms with Crippen LogP contribution >= 0.6 is 0 Å². The van der Waals surface area contributed by atoms with Gasteiger partial charge in [0.1, 0.15) is 0 Å². The van der Waals surface area contributed by atoms with Crippen LogP contribution in [0, 0.1) is 5.92 Å². The fraction of sp³-hybridized carbons (Fsp3) is 0.875. The highest BCUT2D eigenvalue weighted by atomic mass is 19.1. The van der Waals surface area contributed by atoms with Gasteiger partial charge in [0.15, 0.2) is 12.0 Å². The molecule has 1 unspecified atom stereocenters. The number of halogens is 1. The molecule has 0 aromatic heterocycles. The van der Waals surface area contributed by atoms with Gasteiger partial charge in [0, 0.05) is 0 Å². The van der Waals surface area contributed by atoms with Gasteiger partial charge in [0.05, 0.1) is 0 Å². The lowest BCUT2D eigenvalue weighted by atomic mass is 10.0. The van der Waals surface area contributed by atoms with E-state index in [0.29, 0.717) is 12.3 Å². The minimum Gasteiger partial charge on any atom is -0.297 e. The van der Waals surface area contributed by atoms with Crippen LogP contribution in [0.4, 0.5) is 4.39 Å². The number of alkyl halides is 1. The standard InChI is InChI=1S/C8H15FO/c1-6(2)4-5-8(9)7(3)10/h6,8H,4-5H2,1-3H3. The fourth-order valence-electron chi connectivity index (χ4n) is 0.683. The molecule has 0 aromatic carbocycles. The summed E-state index contributed by atoms with van der Waals surface area (Å²) in [5, 5.41) is 0. The summed E-state index contributed by atoms with van der Waals surface area (Å²) < 4.78 is 12.5. The number of rotatable bonds is 4. The Morgan fingerprint density at radius 2 is 1.90 bits per heavy atom. The van der Waals surface area contributed by atoms with Crippen molar-refractivity contribution in [2.75, 3.05) is 0 Å². The third-order valence-electron chi connectivity index (χ3n) is 1.44. The normalized spacial score (nSPS) is 13.7. The van der Waals surface area contributed by atoms with Crippen LogP contribution in [0.2, 0.25) is 0 Å². The Morgan fingerprint density at radius 1 is 1.40 bits per heavy atom. The summed E-state index contributed by atoms with van der Waals surface area (Å²) in [5.74, 6) is 0.137. The Balaban J connectivity index is 3.40. The molecule has 0 rings (SSSR count). The number of Topliss-reactive ketones (excluding diaryl/α,β-unsaturated/α-hetero) is 1. The van der Waals surface area contributed by atoms with Gasteiger partial charge in [-0.1, -0.05) is 13.8 Å². The number of ketones is 1. The van der Waals surface area contributed by atoms with Gasteiger partial charge < -0.3 is 0 Å². The van der Waals surface area contributed by atoms with E-state index in [4.69, 9.17) is 0 Å². The maximum Gasteiger partial charge on any atom is 0.163 e. The van der Waals surface area contributed by atoms with Crippen molar-refractivity contribution in [2.24, 2.45) is 5.92 Å². The van der Waals surface area contributed by atoms with E-state index >= 15 is 0 Å². The van der Waals surface area contributed by atoms with Gasteiger partial charge in [0.2, 0.25) is 0 Å². The molecule has 0 aliphatic carbocycles. The predicted molar refractivity (Wildman–Crippen MR) is 39.6 cm³/mol. The molecule has 0 spiro atoms. The maximum absolute atomic E-state index is 12.5. The summed E-state index contributed by atoms with van der Waals surface area (Å²) in [5.41, 5.74) is 0. The van der Waals surface area contributed by atoms with Crippen LogP contribution in [-0.2, 0) is 4.79 Å². The van der Waals surface area contributed by atoms with Crippen LogP contribution in [0.1, 0.15) is 33.6 Å². The molecule has 0 N–H and O–H groups in total. The average Bonchev–Trinajstić information content (AvgIpc) is 1.82. The maximum atomic E-state index is 12.5. The smallest absolute Gasteiger partial charge is 0.163 e. The Labute approximate surface area is 61.6 Å². The first-order valence-electron chi connectivity index (χ1n) is 3.68. The third-order valence-corrected chi connectivity index (χ3v) is 1.44. The lowest BCUT2D eigenvalue weighted by Crippen LogP contribution is -2.11. The fourth-order valence-corrected chi connectivity index (χ4v) is 0.683. The van der Waals surface area contributed by atoms with E-state index < -0.39 is 6.17 Å². The van der Waals surface area contributed by atoms with E-state index in [2.05, 4.69) is 0 Å². The highest BCUT2D eigenvalue weighted by molar-refractivity contribution is 5.80. The Bertz CT molecular complexity index is 110. The largest absolute Gasteiger partial charge is 0.297 e. The summed E-state index contributed by atoms with van der Waals surface area (Å²) in [7, 11) is 0. The highest BCUT2D eigenvalue weighted by Gasteiger charge is 2.11. The SMILES string of the molecule is CC(=O)C(F)CCC(C)C. The first-order chi connectivity index (χ1) is 4.54. The van der Waals surface area contributed by atoms with Crippen LogP contribution < -0.4 is 0 Å². The second-order valence-corrected chi connectivity index (χ2v) is 3.05. The number of hydrogen-bond donors (Lipinski definition) is 0. The Kier molecular flexibility index (Phi) is 4.24. The molecule has 1 atom stereocenters. The van der Waals surface area contributed by atoms with Gasteiger partial charge in [-0.3, -0.25) is 4.79 Å². The first-order valence-corrected chi connectivity index (χ1v) is 3.68. The zero-order valence-corrected chi connectivity index (χ0v) is 6.86. The molecule has 60 valence electrons. The van der Waals surface area contributed by atoms with E-state index in [0.717, 1.165) is 6.42 Å². The Morgan fingerprint density at radius 3 is 2.20 bits per heavy atom. The van der Waals surface area contributed by atoms with Gasteiger partial charge in [0.25, 0.3) is 0 Å². The molecule has 0 saturated carbocycles. The minimum atomic E-state index is -1.23. The molecule has 0 aliphatic heterocycles. The van der Waals surface area contributed by atoms with Crippen LogP contribution in [0.5, 0.6) is 0 Å². The van der Waals surface area contributed by atoms with Crippen molar-refractivity contribution in [3.63, 3.8) is 0 Å². The summed E-state index contributed by atoms with van der Waals surface area (Å²) in [6.45, 7) is 5.34. The van der Waals surface area contributed by atoms with Crippen LogP contribution in [-0.4, -0.2) is 12.0 Å². The average molecular weight is 146 g/mol. The number of carbonyl (C=O) groups excluding carboxylic acids is 1. The van der Waals surface area contributed by atoms with E-state index in [1.807, 2.05) is 13.8 Å². The number of carbonyl (C=O) groups is 1. The second-order valence-electron chi connectivity index (χ2n) is 3.05. The monoisotopic (exact) mass is 146 g/mol. The first kappa shape index (κ1) is 9.60.